The molecule has 0 radical (unpaired) electrons. The van der Waals surface area contributed by atoms with Crippen molar-refractivity contribution >= 4 is 48.9 Å². The van der Waals surface area contributed by atoms with Crippen molar-refractivity contribution in [2.24, 2.45) is 0 Å². The quantitative estimate of drug-likeness (QED) is 0.377. The number of benzene rings is 3. The molecule has 0 spiro atoms. The first-order chi connectivity index (χ1) is 13.0. The number of carbonyl (C=O) groups is 1. The Morgan fingerprint density at radius 3 is 1.67 bits per heavy atom. The number of rotatable bonds is 3. The minimum Gasteiger partial charge on any atom is -0.478 e. The number of fused-ring (bicyclic) bond motifs is 1. The standard InChI is InChI=1S/C21H12Br2N2O2/c22-15-6-1-12(2-7-15)19-20(13-3-8-16(23)9-4-13)25-18-11-14(21(26)27)5-10-17(18)24-19/h1-11H,(H,26,27). The fourth-order valence-electron chi connectivity index (χ4n) is 2.81. The van der Waals surface area contributed by atoms with Crippen LogP contribution in [0, 0.1) is 0 Å². The van der Waals surface area contributed by atoms with Gasteiger partial charge in [0.1, 0.15) is 0 Å². The number of aromatic nitrogens is 2. The predicted octanol–water partition coefficient (Wildman–Crippen LogP) is 6.19. The molecule has 1 aromatic heterocycles. The summed E-state index contributed by atoms with van der Waals surface area (Å²) in [6.07, 6.45) is 0. The first kappa shape index (κ1) is 17.8. The molecule has 0 saturated carbocycles. The molecule has 1 heterocycles. The van der Waals surface area contributed by atoms with E-state index in [0.717, 1.165) is 25.8 Å². The lowest BCUT2D eigenvalue weighted by Crippen LogP contribution is -1.99. The van der Waals surface area contributed by atoms with Crippen molar-refractivity contribution in [3.63, 3.8) is 0 Å². The second-order valence-corrected chi connectivity index (χ2v) is 7.77. The Kier molecular flexibility index (Phi) is 4.76. The molecule has 3 aromatic carbocycles. The number of hydrogen-bond acceptors (Lipinski definition) is 3. The summed E-state index contributed by atoms with van der Waals surface area (Å²) in [6, 6.07) is 20.5. The predicted molar refractivity (Wildman–Crippen MR) is 113 cm³/mol. The highest BCUT2D eigenvalue weighted by Crippen LogP contribution is 2.32. The molecule has 1 N–H and O–H groups in total. The molecule has 0 aliphatic heterocycles. The van der Waals surface area contributed by atoms with E-state index in [0.29, 0.717) is 16.7 Å². The van der Waals surface area contributed by atoms with Crippen molar-refractivity contribution in [2.45, 2.75) is 0 Å². The van der Waals surface area contributed by atoms with E-state index < -0.39 is 5.97 Å². The normalized spacial score (nSPS) is 10.9. The molecule has 0 atom stereocenters. The van der Waals surface area contributed by atoms with Crippen LogP contribution in [-0.2, 0) is 0 Å². The van der Waals surface area contributed by atoms with Crippen LogP contribution in [0.1, 0.15) is 10.4 Å². The maximum atomic E-state index is 11.3. The molecule has 0 saturated heterocycles. The summed E-state index contributed by atoms with van der Waals surface area (Å²) >= 11 is 6.90. The third kappa shape index (κ3) is 3.63. The van der Waals surface area contributed by atoms with Crippen molar-refractivity contribution in [2.75, 3.05) is 0 Å². The molecular weight excluding hydrogens is 472 g/mol. The minimum absolute atomic E-state index is 0.190. The average molecular weight is 484 g/mol. The SMILES string of the molecule is O=C(O)c1ccc2nc(-c3ccc(Br)cc3)c(-c3ccc(Br)cc3)nc2c1. The van der Waals surface area contributed by atoms with Crippen LogP contribution in [0.3, 0.4) is 0 Å². The van der Waals surface area contributed by atoms with E-state index in [2.05, 4.69) is 31.9 Å². The fraction of sp³-hybridized carbons (Fsp3) is 0. The zero-order chi connectivity index (χ0) is 19.0. The number of carboxylic acid groups (broad SMARTS) is 1. The van der Waals surface area contributed by atoms with Gasteiger partial charge in [-0.05, 0) is 42.5 Å². The number of halogens is 2. The Balaban J connectivity index is 2.00. The summed E-state index contributed by atoms with van der Waals surface area (Å²) in [6.45, 7) is 0. The van der Waals surface area contributed by atoms with E-state index >= 15 is 0 Å². The summed E-state index contributed by atoms with van der Waals surface area (Å²) in [5, 5.41) is 9.26. The molecule has 0 aliphatic rings. The van der Waals surface area contributed by atoms with Gasteiger partial charge in [0.25, 0.3) is 0 Å². The van der Waals surface area contributed by atoms with E-state index in [-0.39, 0.29) is 5.56 Å². The maximum Gasteiger partial charge on any atom is 0.335 e. The van der Waals surface area contributed by atoms with Crippen molar-refractivity contribution < 1.29 is 9.90 Å². The second kappa shape index (κ2) is 7.21. The summed E-state index contributed by atoms with van der Waals surface area (Å²) in [5.41, 5.74) is 4.70. The van der Waals surface area contributed by atoms with Crippen LogP contribution in [0.2, 0.25) is 0 Å². The van der Waals surface area contributed by atoms with Crippen molar-refractivity contribution in [1.29, 1.82) is 0 Å². The van der Waals surface area contributed by atoms with Gasteiger partial charge in [-0.1, -0.05) is 56.1 Å². The van der Waals surface area contributed by atoms with Crippen molar-refractivity contribution in [3.05, 3.63) is 81.2 Å². The zero-order valence-electron chi connectivity index (χ0n) is 13.9. The largest absolute Gasteiger partial charge is 0.478 e. The molecule has 132 valence electrons. The van der Waals surface area contributed by atoms with Crippen LogP contribution in [0.5, 0.6) is 0 Å². The van der Waals surface area contributed by atoms with Gasteiger partial charge in [-0.2, -0.15) is 0 Å². The molecule has 0 unspecified atom stereocenters. The van der Waals surface area contributed by atoms with E-state index in [4.69, 9.17) is 9.97 Å². The molecule has 4 aromatic rings. The first-order valence-electron chi connectivity index (χ1n) is 8.08. The third-order valence-corrected chi connectivity index (χ3v) is 5.20. The van der Waals surface area contributed by atoms with Gasteiger partial charge in [-0.25, -0.2) is 14.8 Å². The Morgan fingerprint density at radius 2 is 1.19 bits per heavy atom. The molecule has 27 heavy (non-hydrogen) atoms. The number of aromatic carboxylic acids is 1. The minimum atomic E-state index is -0.985. The van der Waals surface area contributed by atoms with Crippen molar-refractivity contribution in [3.8, 4) is 22.5 Å². The van der Waals surface area contributed by atoms with Gasteiger partial charge in [0.2, 0.25) is 0 Å². The molecule has 0 aliphatic carbocycles. The lowest BCUT2D eigenvalue weighted by Gasteiger charge is -2.11. The molecule has 0 amide bonds. The number of hydrogen-bond donors (Lipinski definition) is 1. The Bertz CT molecular complexity index is 1160. The lowest BCUT2D eigenvalue weighted by atomic mass is 10.0. The van der Waals surface area contributed by atoms with Crippen LogP contribution in [-0.4, -0.2) is 21.0 Å². The van der Waals surface area contributed by atoms with E-state index in [1.54, 1.807) is 18.2 Å². The summed E-state index contributed by atoms with van der Waals surface area (Å²) in [5.74, 6) is -0.985. The van der Waals surface area contributed by atoms with Gasteiger partial charge in [0, 0.05) is 20.1 Å². The lowest BCUT2D eigenvalue weighted by molar-refractivity contribution is 0.0697. The summed E-state index contributed by atoms with van der Waals surface area (Å²) in [4.78, 5) is 20.9. The van der Waals surface area contributed by atoms with Gasteiger partial charge in [0.05, 0.1) is 28.0 Å². The fourth-order valence-corrected chi connectivity index (χ4v) is 3.33. The van der Waals surface area contributed by atoms with Crippen LogP contribution in [0.15, 0.2) is 75.7 Å². The number of nitrogens with zero attached hydrogens (tertiary/aromatic N) is 2. The molecule has 4 rings (SSSR count). The van der Waals surface area contributed by atoms with E-state index in [9.17, 15) is 9.90 Å². The smallest absolute Gasteiger partial charge is 0.335 e. The third-order valence-electron chi connectivity index (χ3n) is 4.15. The first-order valence-corrected chi connectivity index (χ1v) is 9.67. The zero-order valence-corrected chi connectivity index (χ0v) is 17.0. The maximum absolute atomic E-state index is 11.3. The molecule has 4 nitrogen and oxygen atoms in total. The molecule has 0 fully saturated rings. The van der Waals surface area contributed by atoms with Gasteiger partial charge in [-0.15, -0.1) is 0 Å². The molecule has 0 bridgehead atoms. The van der Waals surface area contributed by atoms with E-state index in [1.165, 1.54) is 0 Å². The Morgan fingerprint density at radius 1 is 0.704 bits per heavy atom. The van der Waals surface area contributed by atoms with Crippen molar-refractivity contribution in [1.82, 2.24) is 9.97 Å². The average Bonchev–Trinajstić information content (AvgIpc) is 2.68. The highest BCUT2D eigenvalue weighted by molar-refractivity contribution is 9.10. The summed E-state index contributed by atoms with van der Waals surface area (Å²) < 4.78 is 1.95. The monoisotopic (exact) mass is 482 g/mol. The molecule has 6 heteroatoms. The van der Waals surface area contributed by atoms with Crippen LogP contribution >= 0.6 is 31.9 Å². The van der Waals surface area contributed by atoms with Gasteiger partial charge in [-0.3, -0.25) is 0 Å². The topological polar surface area (TPSA) is 63.1 Å². The van der Waals surface area contributed by atoms with Crippen LogP contribution in [0.4, 0.5) is 0 Å². The van der Waals surface area contributed by atoms with Crippen LogP contribution < -0.4 is 0 Å². The van der Waals surface area contributed by atoms with E-state index in [1.807, 2.05) is 48.5 Å². The highest BCUT2D eigenvalue weighted by Gasteiger charge is 2.14. The highest BCUT2D eigenvalue weighted by atomic mass is 79.9. The number of carboxylic acids is 1. The van der Waals surface area contributed by atoms with Crippen LogP contribution in [0.25, 0.3) is 33.5 Å². The van der Waals surface area contributed by atoms with Gasteiger partial charge < -0.3 is 5.11 Å². The second-order valence-electron chi connectivity index (χ2n) is 5.94. The summed E-state index contributed by atoms with van der Waals surface area (Å²) in [7, 11) is 0. The molecular formula is C21H12Br2N2O2. The van der Waals surface area contributed by atoms with Gasteiger partial charge in [0.15, 0.2) is 0 Å². The Hall–Kier alpha value is -2.57. The Labute approximate surface area is 172 Å². The van der Waals surface area contributed by atoms with Gasteiger partial charge >= 0.3 is 5.97 Å².